The van der Waals surface area contributed by atoms with E-state index >= 15 is 0 Å². The summed E-state index contributed by atoms with van der Waals surface area (Å²) in [5.41, 5.74) is -2.80. The van der Waals surface area contributed by atoms with Gasteiger partial charge >= 0.3 is 23.9 Å². The van der Waals surface area contributed by atoms with Gasteiger partial charge in [0.1, 0.15) is 19.8 Å². The third-order valence-electron chi connectivity index (χ3n) is 3.87. The van der Waals surface area contributed by atoms with Crippen LogP contribution in [0.25, 0.3) is 0 Å². The summed E-state index contributed by atoms with van der Waals surface area (Å²) in [6, 6.07) is 0. The smallest absolute Gasteiger partial charge is 0.311 e. The lowest BCUT2D eigenvalue weighted by Crippen LogP contribution is -2.50. The first-order valence-corrected chi connectivity index (χ1v) is 12.7. The first-order chi connectivity index (χ1) is 13.8. The average molecular weight is 564 g/mol. The number of halogens is 1. The van der Waals surface area contributed by atoms with Crippen molar-refractivity contribution in [3.63, 3.8) is 0 Å². The SMILES string of the molecule is [B]P(I)C(CC(=O)OC(CO)C(O)C(O)C(CO)OC(=O)CC(C)C(=O)O)C(=O)O. The number of aliphatic hydroxyl groups is 4. The Morgan fingerprint density at radius 1 is 0.900 bits per heavy atom. The molecule has 0 aliphatic rings. The molecule has 15 heteroatoms. The van der Waals surface area contributed by atoms with Gasteiger partial charge in [-0.1, -0.05) is 34.4 Å². The largest absolute Gasteiger partial charge is 0.481 e. The zero-order valence-electron chi connectivity index (χ0n) is 15.8. The van der Waals surface area contributed by atoms with Crippen molar-refractivity contribution in [2.24, 2.45) is 5.92 Å². The fraction of sp³-hybridized carbons (Fsp3) is 0.733. The van der Waals surface area contributed by atoms with Gasteiger partial charge in [0.25, 0.3) is 0 Å². The number of hydrogen-bond donors (Lipinski definition) is 6. The molecule has 0 aromatic carbocycles. The van der Waals surface area contributed by atoms with Crippen LogP contribution in [0.5, 0.6) is 0 Å². The quantitative estimate of drug-likeness (QED) is 0.0610. The maximum absolute atomic E-state index is 11.9. The van der Waals surface area contributed by atoms with E-state index in [1.807, 2.05) is 0 Å². The van der Waals surface area contributed by atoms with Gasteiger partial charge in [-0.05, 0) is 0 Å². The third-order valence-corrected chi connectivity index (χ3v) is 6.89. The molecular formula is C15H23BIO12P. The molecule has 0 amide bonds. The lowest BCUT2D eigenvalue weighted by atomic mass is 10.0. The summed E-state index contributed by atoms with van der Waals surface area (Å²) in [6.07, 6.45) is -8.70. The second-order valence-corrected chi connectivity index (χ2v) is 10.9. The lowest BCUT2D eigenvalue weighted by molar-refractivity contribution is -0.182. The monoisotopic (exact) mass is 564 g/mol. The van der Waals surface area contributed by atoms with Crippen LogP contribution in [0.1, 0.15) is 19.8 Å². The van der Waals surface area contributed by atoms with Crippen molar-refractivity contribution in [3.05, 3.63) is 0 Å². The molecule has 7 atom stereocenters. The normalized spacial score (nSPS) is 18.2. The molecule has 2 radical (unpaired) electrons. The predicted octanol–water partition coefficient (Wildman–Crippen LogP) is -1.61. The molecule has 12 nitrogen and oxygen atoms in total. The lowest BCUT2D eigenvalue weighted by Gasteiger charge is -2.30. The highest BCUT2D eigenvalue weighted by Gasteiger charge is 2.37. The van der Waals surface area contributed by atoms with Crippen molar-refractivity contribution < 1.29 is 59.3 Å². The number of aliphatic hydroxyl groups excluding tert-OH is 4. The molecular weight excluding hydrogens is 541 g/mol. The van der Waals surface area contributed by atoms with Crippen LogP contribution in [-0.2, 0) is 28.7 Å². The Kier molecular flexibility index (Phi) is 13.6. The van der Waals surface area contributed by atoms with Crippen LogP contribution in [0.3, 0.4) is 0 Å². The van der Waals surface area contributed by atoms with Gasteiger partial charge in [0.15, 0.2) is 12.2 Å². The molecule has 0 heterocycles. The van der Waals surface area contributed by atoms with Crippen LogP contribution in [-0.4, -0.2) is 105 Å². The molecule has 30 heavy (non-hydrogen) atoms. The van der Waals surface area contributed by atoms with Crippen molar-refractivity contribution in [2.75, 3.05) is 13.2 Å². The van der Waals surface area contributed by atoms with Crippen molar-refractivity contribution in [3.8, 4) is 0 Å². The highest BCUT2D eigenvalue weighted by atomic mass is 127. The Balaban J connectivity index is 5.03. The number of rotatable bonds is 14. The van der Waals surface area contributed by atoms with E-state index in [0.717, 1.165) is 0 Å². The fourth-order valence-corrected chi connectivity index (χ4v) is 3.92. The summed E-state index contributed by atoms with van der Waals surface area (Å²) in [7, 11) is 5.53. The highest BCUT2D eigenvalue weighted by Crippen LogP contribution is 2.46. The van der Waals surface area contributed by atoms with Crippen LogP contribution in [0, 0.1) is 5.92 Å². The molecule has 0 aliphatic carbocycles. The van der Waals surface area contributed by atoms with Gasteiger partial charge < -0.3 is 40.1 Å². The molecule has 0 saturated heterocycles. The van der Waals surface area contributed by atoms with Gasteiger partial charge in [-0.15, -0.1) is 0 Å². The maximum atomic E-state index is 11.9. The van der Waals surface area contributed by atoms with E-state index in [-0.39, 0.29) is 0 Å². The predicted molar refractivity (Wildman–Crippen MR) is 110 cm³/mol. The Labute approximate surface area is 187 Å². The number of carbonyl (C=O) groups excluding carboxylic acids is 2. The summed E-state index contributed by atoms with van der Waals surface area (Å²) in [5, 5.41) is 56.7. The van der Waals surface area contributed by atoms with E-state index in [9.17, 15) is 39.6 Å². The number of ether oxygens (including phenoxy) is 2. The summed E-state index contributed by atoms with van der Waals surface area (Å²) in [5.74, 6) is -5.89. The Bertz CT molecular complexity index is 606. The van der Waals surface area contributed by atoms with Gasteiger partial charge in [-0.2, -0.15) is 0 Å². The van der Waals surface area contributed by atoms with E-state index in [2.05, 4.69) is 0 Å². The molecule has 0 rings (SSSR count). The molecule has 0 aromatic heterocycles. The van der Waals surface area contributed by atoms with Crippen LogP contribution < -0.4 is 0 Å². The minimum atomic E-state index is -2.02. The van der Waals surface area contributed by atoms with Crippen molar-refractivity contribution in [1.29, 1.82) is 0 Å². The molecule has 0 spiro atoms. The Morgan fingerprint density at radius 2 is 1.30 bits per heavy atom. The number of carboxylic acid groups (broad SMARTS) is 2. The zero-order chi connectivity index (χ0) is 23.6. The first kappa shape index (κ1) is 28.9. The molecule has 0 fully saturated rings. The van der Waals surface area contributed by atoms with E-state index in [0.29, 0.717) is 0 Å². The summed E-state index contributed by atoms with van der Waals surface area (Å²) < 4.78 is 9.55. The van der Waals surface area contributed by atoms with Crippen LogP contribution in [0.15, 0.2) is 0 Å². The standard InChI is InChI=1S/C15H23BIO12P/c1-6(14(24)25)2-10(20)28-7(4-18)12(22)13(23)8(5-19)29-11(21)3-9(15(26)27)30(16)17/h6-9,12-13,18-19,22-23H,2-5H2,1H3,(H,24,25)(H,26,27). The molecule has 6 N–H and O–H groups in total. The number of carboxylic acids is 2. The maximum Gasteiger partial charge on any atom is 0.311 e. The number of carbonyl (C=O) groups is 4. The topological polar surface area (TPSA) is 208 Å². The van der Waals surface area contributed by atoms with Crippen molar-refractivity contribution >= 4 is 58.9 Å². The summed E-state index contributed by atoms with van der Waals surface area (Å²) in [6.45, 7) is -0.714. The van der Waals surface area contributed by atoms with Gasteiger partial charge in [0, 0.05) is 0 Å². The second kappa shape index (κ2) is 14.1. The summed E-state index contributed by atoms with van der Waals surface area (Å²) >= 11 is 1.66. The molecule has 0 aromatic rings. The van der Waals surface area contributed by atoms with Crippen LogP contribution in [0.4, 0.5) is 0 Å². The number of hydrogen-bond acceptors (Lipinski definition) is 10. The Hall–Kier alpha value is -1.06. The molecule has 0 aliphatic heterocycles. The highest BCUT2D eigenvalue weighted by molar-refractivity contribution is 14.2. The minimum absolute atomic E-state index is 0.567. The second-order valence-electron chi connectivity index (χ2n) is 6.25. The van der Waals surface area contributed by atoms with Gasteiger partial charge in [-0.3, -0.25) is 19.2 Å². The molecule has 7 unspecified atom stereocenters. The molecule has 0 saturated carbocycles. The van der Waals surface area contributed by atoms with E-state index < -0.39 is 91.4 Å². The first-order valence-electron chi connectivity index (χ1n) is 8.47. The minimum Gasteiger partial charge on any atom is -0.481 e. The van der Waals surface area contributed by atoms with Gasteiger partial charge in [0.05, 0.1) is 37.6 Å². The third kappa shape index (κ3) is 9.83. The fourth-order valence-electron chi connectivity index (χ4n) is 2.08. The number of esters is 2. The summed E-state index contributed by atoms with van der Waals surface area (Å²) in [4.78, 5) is 45.5. The molecule has 170 valence electrons. The zero-order valence-corrected chi connectivity index (χ0v) is 18.9. The van der Waals surface area contributed by atoms with Gasteiger partial charge in [0.2, 0.25) is 0 Å². The molecule has 0 bridgehead atoms. The van der Waals surface area contributed by atoms with Gasteiger partial charge in [-0.25, -0.2) is 0 Å². The Morgan fingerprint density at radius 3 is 1.60 bits per heavy atom. The number of aliphatic carboxylic acids is 2. The van der Waals surface area contributed by atoms with E-state index in [1.54, 1.807) is 22.0 Å². The van der Waals surface area contributed by atoms with E-state index in [4.69, 9.17) is 27.3 Å². The van der Waals surface area contributed by atoms with Crippen LogP contribution >= 0.6 is 27.5 Å². The van der Waals surface area contributed by atoms with Crippen molar-refractivity contribution in [1.82, 2.24) is 0 Å². The average Bonchev–Trinajstić information content (AvgIpc) is 2.66. The van der Waals surface area contributed by atoms with Crippen LogP contribution in [0.2, 0.25) is 0 Å². The van der Waals surface area contributed by atoms with E-state index in [1.165, 1.54) is 6.92 Å². The van der Waals surface area contributed by atoms with Crippen molar-refractivity contribution in [2.45, 2.75) is 49.8 Å².